The Morgan fingerprint density at radius 2 is 2.05 bits per heavy atom. The monoisotopic (exact) mass is 259 g/mol. The highest BCUT2D eigenvalue weighted by atomic mass is 16.5. The molecule has 2 rings (SSSR count). The summed E-state index contributed by atoms with van der Waals surface area (Å²) >= 11 is 0. The van der Waals surface area contributed by atoms with E-state index in [1.165, 1.54) is 0 Å². The minimum Gasteiger partial charge on any atom is -0.448 e. The molecule has 1 fully saturated rings. The Labute approximate surface area is 112 Å². The van der Waals surface area contributed by atoms with E-state index in [0.717, 1.165) is 11.8 Å². The maximum absolute atomic E-state index is 12.4. The van der Waals surface area contributed by atoms with Crippen LogP contribution in [0.4, 0.5) is 5.69 Å². The van der Waals surface area contributed by atoms with Crippen LogP contribution in [0, 0.1) is 5.41 Å². The first kappa shape index (κ1) is 13.3. The number of hydrogen-bond donors (Lipinski definition) is 0. The molecule has 19 heavy (non-hydrogen) atoms. The summed E-state index contributed by atoms with van der Waals surface area (Å²) in [6.45, 7) is 7.70. The van der Waals surface area contributed by atoms with Crippen LogP contribution in [0.2, 0.25) is 0 Å². The largest absolute Gasteiger partial charge is 0.448 e. The van der Waals surface area contributed by atoms with Crippen LogP contribution in [0.5, 0.6) is 0 Å². The summed E-state index contributed by atoms with van der Waals surface area (Å²) in [5.74, 6) is -0.757. The van der Waals surface area contributed by atoms with Crippen molar-refractivity contribution in [2.45, 2.75) is 20.0 Å². The van der Waals surface area contributed by atoms with Gasteiger partial charge in [-0.2, -0.15) is 0 Å². The van der Waals surface area contributed by atoms with Crippen molar-refractivity contribution in [1.82, 2.24) is 0 Å². The van der Waals surface area contributed by atoms with Gasteiger partial charge in [0, 0.05) is 23.7 Å². The summed E-state index contributed by atoms with van der Waals surface area (Å²) in [5.41, 5.74) is 0.392. The minimum absolute atomic E-state index is 0.189. The fourth-order valence-corrected chi connectivity index (χ4v) is 2.24. The number of esters is 1. The van der Waals surface area contributed by atoms with Gasteiger partial charge in [0.05, 0.1) is 0 Å². The summed E-state index contributed by atoms with van der Waals surface area (Å²) < 4.78 is 5.19. The van der Waals surface area contributed by atoms with Crippen LogP contribution < -0.4 is 4.90 Å². The van der Waals surface area contributed by atoms with Crippen molar-refractivity contribution in [3.8, 4) is 0 Å². The number of carbonyl (C=O) groups excluding carboxylic acids is 2. The lowest BCUT2D eigenvalue weighted by molar-refractivity contribution is -0.153. The van der Waals surface area contributed by atoms with Gasteiger partial charge in [0.15, 0.2) is 6.10 Å². The quantitative estimate of drug-likeness (QED) is 0.617. The number of ether oxygens (including phenoxy) is 1. The molecule has 0 aliphatic carbocycles. The van der Waals surface area contributed by atoms with Crippen LogP contribution in [-0.2, 0) is 14.3 Å². The van der Waals surface area contributed by atoms with Crippen LogP contribution >= 0.6 is 0 Å². The molecule has 1 aliphatic heterocycles. The second-order valence-corrected chi connectivity index (χ2v) is 5.27. The summed E-state index contributed by atoms with van der Waals surface area (Å²) in [6, 6.07) is 9.37. The van der Waals surface area contributed by atoms with Crippen molar-refractivity contribution in [3.05, 3.63) is 43.0 Å². The smallest absolute Gasteiger partial charge is 0.330 e. The predicted molar refractivity (Wildman–Crippen MR) is 72.7 cm³/mol. The summed E-state index contributed by atoms with van der Waals surface area (Å²) in [5, 5.41) is 0. The van der Waals surface area contributed by atoms with Gasteiger partial charge >= 0.3 is 5.97 Å². The SMILES string of the molecule is C=CC(=O)OC1C(=O)N(c2ccccc2)CC1(C)C. The maximum Gasteiger partial charge on any atom is 0.330 e. The molecular weight excluding hydrogens is 242 g/mol. The average molecular weight is 259 g/mol. The fraction of sp³-hybridized carbons (Fsp3) is 0.333. The zero-order valence-corrected chi connectivity index (χ0v) is 11.1. The lowest BCUT2D eigenvalue weighted by Crippen LogP contribution is -2.35. The fourth-order valence-electron chi connectivity index (χ4n) is 2.24. The molecule has 4 heteroatoms. The van der Waals surface area contributed by atoms with E-state index in [1.54, 1.807) is 4.90 Å². The van der Waals surface area contributed by atoms with Gasteiger partial charge in [0.1, 0.15) is 0 Å². The Bertz CT molecular complexity index is 507. The molecule has 0 saturated carbocycles. The van der Waals surface area contributed by atoms with E-state index in [2.05, 4.69) is 6.58 Å². The molecule has 1 heterocycles. The van der Waals surface area contributed by atoms with E-state index in [0.29, 0.717) is 6.54 Å². The van der Waals surface area contributed by atoms with Gasteiger partial charge in [0.25, 0.3) is 5.91 Å². The molecule has 1 amide bonds. The highest BCUT2D eigenvalue weighted by Gasteiger charge is 2.49. The van der Waals surface area contributed by atoms with E-state index in [4.69, 9.17) is 4.74 Å². The van der Waals surface area contributed by atoms with E-state index in [1.807, 2.05) is 44.2 Å². The highest BCUT2D eigenvalue weighted by molar-refractivity contribution is 6.01. The first-order chi connectivity index (χ1) is 8.95. The molecule has 0 bridgehead atoms. The summed E-state index contributed by atoms with van der Waals surface area (Å²) in [7, 11) is 0. The van der Waals surface area contributed by atoms with Gasteiger partial charge < -0.3 is 9.64 Å². The van der Waals surface area contributed by atoms with Crippen molar-refractivity contribution >= 4 is 17.6 Å². The van der Waals surface area contributed by atoms with E-state index in [-0.39, 0.29) is 5.91 Å². The molecule has 0 aromatic heterocycles. The Morgan fingerprint density at radius 3 is 2.63 bits per heavy atom. The molecule has 1 aromatic rings. The first-order valence-electron chi connectivity index (χ1n) is 6.15. The minimum atomic E-state index is -0.766. The van der Waals surface area contributed by atoms with Crippen LogP contribution in [0.1, 0.15) is 13.8 Å². The molecule has 1 saturated heterocycles. The zero-order chi connectivity index (χ0) is 14.0. The van der Waals surface area contributed by atoms with Crippen LogP contribution in [0.15, 0.2) is 43.0 Å². The number of para-hydroxylation sites is 1. The molecule has 100 valence electrons. The molecule has 0 spiro atoms. The Morgan fingerprint density at radius 1 is 1.42 bits per heavy atom. The second kappa shape index (κ2) is 4.88. The molecule has 1 aromatic carbocycles. The number of hydrogen-bond acceptors (Lipinski definition) is 3. The van der Waals surface area contributed by atoms with Gasteiger partial charge in [-0.1, -0.05) is 38.6 Å². The molecule has 1 aliphatic rings. The Balaban J connectivity index is 2.26. The lowest BCUT2D eigenvalue weighted by atomic mass is 9.89. The van der Waals surface area contributed by atoms with E-state index in [9.17, 15) is 9.59 Å². The van der Waals surface area contributed by atoms with Crippen LogP contribution in [0.25, 0.3) is 0 Å². The van der Waals surface area contributed by atoms with Crippen molar-refractivity contribution in [3.63, 3.8) is 0 Å². The first-order valence-corrected chi connectivity index (χ1v) is 6.15. The predicted octanol–water partition coefficient (Wildman–Crippen LogP) is 2.16. The van der Waals surface area contributed by atoms with Crippen LogP contribution in [0.3, 0.4) is 0 Å². The zero-order valence-electron chi connectivity index (χ0n) is 11.1. The van der Waals surface area contributed by atoms with Gasteiger partial charge in [-0.15, -0.1) is 0 Å². The molecular formula is C15H17NO3. The van der Waals surface area contributed by atoms with Crippen molar-refractivity contribution in [2.75, 3.05) is 11.4 Å². The highest BCUT2D eigenvalue weighted by Crippen LogP contribution is 2.35. The van der Waals surface area contributed by atoms with Gasteiger partial charge in [-0.25, -0.2) is 4.79 Å². The van der Waals surface area contributed by atoms with Crippen LogP contribution in [-0.4, -0.2) is 24.5 Å². The van der Waals surface area contributed by atoms with Crippen molar-refractivity contribution in [1.29, 1.82) is 0 Å². The normalized spacial score (nSPS) is 21.3. The third-order valence-corrected chi connectivity index (χ3v) is 3.23. The number of amides is 1. The van der Waals surface area contributed by atoms with Gasteiger partial charge in [-0.05, 0) is 12.1 Å². The molecule has 0 radical (unpaired) electrons. The van der Waals surface area contributed by atoms with Crippen molar-refractivity contribution < 1.29 is 14.3 Å². The average Bonchev–Trinajstić information content (AvgIpc) is 2.63. The van der Waals surface area contributed by atoms with E-state index >= 15 is 0 Å². The van der Waals surface area contributed by atoms with Gasteiger partial charge in [0.2, 0.25) is 0 Å². The Kier molecular flexibility index (Phi) is 3.42. The Hall–Kier alpha value is -2.10. The van der Waals surface area contributed by atoms with E-state index < -0.39 is 17.5 Å². The molecule has 4 nitrogen and oxygen atoms in total. The standard InChI is InChI=1S/C15H17NO3/c1-4-12(17)19-13-14(18)16(10-15(13,2)3)11-8-6-5-7-9-11/h4-9,13H,1,10H2,2-3H3. The number of carbonyl (C=O) groups is 2. The lowest BCUT2D eigenvalue weighted by Gasteiger charge is -2.22. The molecule has 1 unspecified atom stereocenters. The third-order valence-electron chi connectivity index (χ3n) is 3.23. The number of benzene rings is 1. The summed E-state index contributed by atoms with van der Waals surface area (Å²) in [4.78, 5) is 25.4. The topological polar surface area (TPSA) is 46.6 Å². The second-order valence-electron chi connectivity index (χ2n) is 5.27. The number of rotatable bonds is 3. The number of anilines is 1. The molecule has 0 N–H and O–H groups in total. The summed E-state index contributed by atoms with van der Waals surface area (Å²) in [6.07, 6.45) is 0.312. The maximum atomic E-state index is 12.4. The van der Waals surface area contributed by atoms with Gasteiger partial charge in [-0.3, -0.25) is 4.79 Å². The third kappa shape index (κ3) is 2.52. The molecule has 1 atom stereocenters. The van der Waals surface area contributed by atoms with Crippen molar-refractivity contribution in [2.24, 2.45) is 5.41 Å². The number of nitrogens with zero attached hydrogens (tertiary/aromatic N) is 1.